The van der Waals surface area contributed by atoms with Gasteiger partial charge < -0.3 is 5.32 Å². The first-order valence-electron chi connectivity index (χ1n) is 9.31. The van der Waals surface area contributed by atoms with Crippen LogP contribution in [0.3, 0.4) is 0 Å². The number of rotatable bonds is 7. The standard InChI is InChI=1S/C21H16N4O5S/c26-17(22-10-14-12-31-18(23-14)9-13-5-2-1-3-6-13)11-24-20(27)15-7-4-8-16(25(29)30)19(15)21(24)28/h1-8,12H,9-11H2,(H,22,26). The van der Waals surface area contributed by atoms with E-state index in [1.165, 1.54) is 23.5 Å². The molecule has 1 aromatic heterocycles. The molecular weight excluding hydrogens is 420 g/mol. The van der Waals surface area contributed by atoms with Crippen molar-refractivity contribution in [2.45, 2.75) is 13.0 Å². The van der Waals surface area contributed by atoms with E-state index in [-0.39, 0.29) is 17.7 Å². The fourth-order valence-electron chi connectivity index (χ4n) is 3.28. The number of amides is 3. The van der Waals surface area contributed by atoms with Crippen LogP contribution in [0.4, 0.5) is 5.69 Å². The number of thiazole rings is 1. The highest BCUT2D eigenvalue weighted by Gasteiger charge is 2.41. The molecule has 0 atom stereocenters. The lowest BCUT2D eigenvalue weighted by Gasteiger charge is -2.13. The van der Waals surface area contributed by atoms with Crippen LogP contribution in [0, 0.1) is 10.1 Å². The summed E-state index contributed by atoms with van der Waals surface area (Å²) in [6.07, 6.45) is 0.688. The number of fused-ring (bicyclic) bond motifs is 1. The summed E-state index contributed by atoms with van der Waals surface area (Å²) in [5, 5.41) is 16.5. The first kappa shape index (κ1) is 20.4. The zero-order valence-electron chi connectivity index (χ0n) is 16.1. The summed E-state index contributed by atoms with van der Waals surface area (Å²) < 4.78 is 0. The third-order valence-corrected chi connectivity index (χ3v) is 5.64. The zero-order chi connectivity index (χ0) is 22.0. The lowest BCUT2D eigenvalue weighted by atomic mass is 10.1. The van der Waals surface area contributed by atoms with E-state index in [1.54, 1.807) is 0 Å². The topological polar surface area (TPSA) is 123 Å². The van der Waals surface area contributed by atoms with Gasteiger partial charge in [0.05, 0.1) is 27.7 Å². The van der Waals surface area contributed by atoms with Crippen molar-refractivity contribution < 1.29 is 19.3 Å². The van der Waals surface area contributed by atoms with E-state index in [2.05, 4.69) is 10.3 Å². The summed E-state index contributed by atoms with van der Waals surface area (Å²) in [6.45, 7) is -0.377. The Bertz CT molecular complexity index is 1190. The van der Waals surface area contributed by atoms with E-state index in [0.717, 1.165) is 21.5 Å². The highest BCUT2D eigenvalue weighted by atomic mass is 32.1. The number of nitro benzene ring substituents is 1. The van der Waals surface area contributed by atoms with Crippen molar-refractivity contribution in [3.05, 3.63) is 91.4 Å². The first-order valence-corrected chi connectivity index (χ1v) is 10.2. The summed E-state index contributed by atoms with van der Waals surface area (Å²) in [5.74, 6) is -2.13. The molecule has 2 heterocycles. The Morgan fingerprint density at radius 1 is 1.10 bits per heavy atom. The first-order chi connectivity index (χ1) is 14.9. The normalized spacial score (nSPS) is 12.7. The van der Waals surface area contributed by atoms with Crippen molar-refractivity contribution in [2.24, 2.45) is 0 Å². The van der Waals surface area contributed by atoms with Crippen LogP contribution in [-0.2, 0) is 17.8 Å². The van der Waals surface area contributed by atoms with E-state index in [1.807, 2.05) is 35.7 Å². The number of nitrogens with one attached hydrogen (secondary N) is 1. The van der Waals surface area contributed by atoms with Gasteiger partial charge in [-0.05, 0) is 11.6 Å². The Kier molecular flexibility index (Phi) is 5.54. The molecule has 9 nitrogen and oxygen atoms in total. The molecule has 0 spiro atoms. The molecule has 1 N–H and O–H groups in total. The predicted molar refractivity (Wildman–Crippen MR) is 112 cm³/mol. The van der Waals surface area contributed by atoms with Gasteiger partial charge in [0.1, 0.15) is 12.1 Å². The molecular formula is C21H16N4O5S. The maximum absolute atomic E-state index is 12.5. The van der Waals surface area contributed by atoms with Gasteiger partial charge in [0, 0.05) is 17.9 Å². The average Bonchev–Trinajstić information content (AvgIpc) is 3.31. The van der Waals surface area contributed by atoms with Crippen LogP contribution in [0.25, 0.3) is 0 Å². The summed E-state index contributed by atoms with van der Waals surface area (Å²) in [7, 11) is 0. The highest BCUT2D eigenvalue weighted by Crippen LogP contribution is 2.30. The fraction of sp³-hybridized carbons (Fsp3) is 0.143. The number of hydrogen-bond acceptors (Lipinski definition) is 7. The van der Waals surface area contributed by atoms with Gasteiger partial charge in [0.2, 0.25) is 5.91 Å². The minimum atomic E-state index is -0.846. The average molecular weight is 436 g/mol. The van der Waals surface area contributed by atoms with Crippen LogP contribution in [-0.4, -0.2) is 39.1 Å². The van der Waals surface area contributed by atoms with Crippen LogP contribution < -0.4 is 5.32 Å². The molecule has 0 fully saturated rings. The quantitative estimate of drug-likeness (QED) is 0.345. The van der Waals surface area contributed by atoms with Gasteiger partial charge >= 0.3 is 0 Å². The minimum absolute atomic E-state index is 0.0722. The number of nitro groups is 1. The zero-order valence-corrected chi connectivity index (χ0v) is 16.9. The molecule has 0 radical (unpaired) electrons. The van der Waals surface area contributed by atoms with Crippen molar-refractivity contribution in [3.63, 3.8) is 0 Å². The molecule has 31 heavy (non-hydrogen) atoms. The second kappa shape index (κ2) is 8.44. The van der Waals surface area contributed by atoms with Crippen LogP contribution in [0.2, 0.25) is 0 Å². The molecule has 0 bridgehead atoms. The molecule has 0 saturated carbocycles. The Morgan fingerprint density at radius 2 is 1.87 bits per heavy atom. The molecule has 0 aliphatic carbocycles. The minimum Gasteiger partial charge on any atom is -0.349 e. The molecule has 3 amide bonds. The Hall–Kier alpha value is -3.92. The SMILES string of the molecule is O=C(CN1C(=O)c2cccc([N+](=O)[O-])c2C1=O)NCc1csc(Cc2ccccc2)n1. The number of nitrogens with zero attached hydrogens (tertiary/aromatic N) is 3. The smallest absolute Gasteiger partial charge is 0.282 e. The number of benzene rings is 2. The second-order valence-electron chi connectivity index (χ2n) is 6.82. The molecule has 1 aliphatic heterocycles. The molecule has 10 heteroatoms. The summed E-state index contributed by atoms with van der Waals surface area (Å²) in [4.78, 5) is 52.9. The molecule has 1 aliphatic rings. The monoisotopic (exact) mass is 436 g/mol. The summed E-state index contributed by atoms with van der Waals surface area (Å²) in [6, 6.07) is 13.7. The molecule has 0 unspecified atom stereocenters. The van der Waals surface area contributed by atoms with E-state index in [0.29, 0.717) is 12.1 Å². The lowest BCUT2D eigenvalue weighted by molar-refractivity contribution is -0.385. The maximum atomic E-state index is 12.5. The van der Waals surface area contributed by atoms with Crippen molar-refractivity contribution >= 4 is 34.7 Å². The van der Waals surface area contributed by atoms with Gasteiger partial charge in [0.25, 0.3) is 17.5 Å². The number of imide groups is 1. The van der Waals surface area contributed by atoms with Crippen LogP contribution in [0.5, 0.6) is 0 Å². The van der Waals surface area contributed by atoms with E-state index >= 15 is 0 Å². The van der Waals surface area contributed by atoms with E-state index in [4.69, 9.17) is 0 Å². The maximum Gasteiger partial charge on any atom is 0.282 e. The van der Waals surface area contributed by atoms with Gasteiger partial charge in [-0.25, -0.2) is 4.98 Å². The largest absolute Gasteiger partial charge is 0.349 e. The number of aromatic nitrogens is 1. The van der Waals surface area contributed by atoms with Gasteiger partial charge in [-0.3, -0.25) is 29.4 Å². The Balaban J connectivity index is 1.37. The van der Waals surface area contributed by atoms with Crippen LogP contribution >= 0.6 is 11.3 Å². The van der Waals surface area contributed by atoms with Gasteiger partial charge in [0.15, 0.2) is 0 Å². The van der Waals surface area contributed by atoms with Gasteiger partial charge in [-0.15, -0.1) is 11.3 Å². The van der Waals surface area contributed by atoms with Crippen molar-refractivity contribution in [1.29, 1.82) is 0 Å². The molecule has 4 rings (SSSR count). The van der Waals surface area contributed by atoms with Crippen LogP contribution in [0.15, 0.2) is 53.9 Å². The van der Waals surface area contributed by atoms with E-state index in [9.17, 15) is 24.5 Å². The predicted octanol–water partition coefficient (Wildman–Crippen LogP) is 2.55. The van der Waals surface area contributed by atoms with Gasteiger partial charge in [-0.2, -0.15) is 0 Å². The number of carbonyl (C=O) groups excluding carboxylic acids is 3. The van der Waals surface area contributed by atoms with E-state index < -0.39 is 34.9 Å². The third kappa shape index (κ3) is 4.19. The number of hydrogen-bond donors (Lipinski definition) is 1. The molecule has 2 aromatic carbocycles. The summed E-state index contributed by atoms with van der Waals surface area (Å²) in [5.41, 5.74) is 0.994. The van der Waals surface area contributed by atoms with Gasteiger partial charge in [-0.1, -0.05) is 36.4 Å². The number of carbonyl (C=O) groups is 3. The highest BCUT2D eigenvalue weighted by molar-refractivity contribution is 7.09. The van der Waals surface area contributed by atoms with Crippen molar-refractivity contribution in [1.82, 2.24) is 15.2 Å². The molecule has 3 aromatic rings. The fourth-order valence-corrected chi connectivity index (χ4v) is 4.11. The summed E-state index contributed by atoms with van der Waals surface area (Å²) >= 11 is 1.48. The van der Waals surface area contributed by atoms with Crippen LogP contribution in [0.1, 0.15) is 37.0 Å². The van der Waals surface area contributed by atoms with Crippen molar-refractivity contribution in [3.8, 4) is 0 Å². The molecule has 156 valence electrons. The van der Waals surface area contributed by atoms with Crippen molar-refractivity contribution in [2.75, 3.05) is 6.54 Å². The lowest BCUT2D eigenvalue weighted by Crippen LogP contribution is -2.40. The molecule has 0 saturated heterocycles. The third-order valence-electron chi connectivity index (χ3n) is 4.74. The Morgan fingerprint density at radius 3 is 2.61 bits per heavy atom. The second-order valence-corrected chi connectivity index (χ2v) is 7.77. The Labute approximate surface area is 180 Å².